The van der Waals surface area contributed by atoms with Crippen molar-refractivity contribution in [3.8, 4) is 0 Å². The molecule has 1 fully saturated rings. The number of thiazole rings is 1. The van der Waals surface area contributed by atoms with E-state index in [2.05, 4.69) is 4.99 Å². The lowest BCUT2D eigenvalue weighted by Crippen LogP contribution is -2.19. The van der Waals surface area contributed by atoms with Gasteiger partial charge in [-0.25, -0.2) is 4.39 Å². The van der Waals surface area contributed by atoms with Crippen molar-refractivity contribution in [3.63, 3.8) is 0 Å². The average Bonchev–Trinajstić information content (AvgIpc) is 3.19. The Morgan fingerprint density at radius 3 is 2.95 bits per heavy atom. The molecule has 1 aliphatic rings. The number of hydrogen-bond donors (Lipinski definition) is 0. The van der Waals surface area contributed by atoms with E-state index in [1.807, 2.05) is 0 Å². The van der Waals surface area contributed by atoms with Crippen molar-refractivity contribution in [1.82, 2.24) is 4.57 Å². The molecule has 22 heavy (non-hydrogen) atoms. The van der Waals surface area contributed by atoms with Gasteiger partial charge in [-0.3, -0.25) is 14.9 Å². The number of halogens is 1. The van der Waals surface area contributed by atoms with Crippen molar-refractivity contribution < 1.29 is 14.1 Å². The second kappa shape index (κ2) is 5.80. The van der Waals surface area contributed by atoms with Crippen molar-refractivity contribution in [3.05, 3.63) is 62.1 Å². The highest BCUT2D eigenvalue weighted by atomic mass is 32.1. The van der Waals surface area contributed by atoms with Crippen LogP contribution < -0.4 is 4.80 Å². The number of nitrogens with zero attached hydrogens (tertiary/aromatic N) is 3. The average molecular weight is 321 g/mol. The Morgan fingerprint density at radius 2 is 2.27 bits per heavy atom. The summed E-state index contributed by atoms with van der Waals surface area (Å²) in [6.07, 6.45) is 1.95. The predicted octanol–water partition coefficient (Wildman–Crippen LogP) is 1.83. The second-order valence-electron chi connectivity index (χ2n) is 5.05. The van der Waals surface area contributed by atoms with E-state index in [9.17, 15) is 19.3 Å². The number of rotatable bonds is 4. The highest BCUT2D eigenvalue weighted by Gasteiger charge is 2.53. The monoisotopic (exact) mass is 321 g/mol. The maximum atomic E-state index is 13.7. The van der Waals surface area contributed by atoms with Gasteiger partial charge in [0.25, 0.3) is 5.91 Å². The van der Waals surface area contributed by atoms with Crippen LogP contribution in [0, 0.1) is 21.8 Å². The molecule has 2 atom stereocenters. The van der Waals surface area contributed by atoms with E-state index >= 15 is 0 Å². The molecule has 0 aliphatic heterocycles. The summed E-state index contributed by atoms with van der Waals surface area (Å²) in [6.45, 7) is 0.256. The van der Waals surface area contributed by atoms with Gasteiger partial charge >= 0.3 is 0 Å². The van der Waals surface area contributed by atoms with E-state index in [0.29, 0.717) is 10.4 Å². The van der Waals surface area contributed by atoms with Crippen molar-refractivity contribution in [2.75, 3.05) is 0 Å². The number of aromatic nitrogens is 1. The van der Waals surface area contributed by atoms with E-state index in [0.717, 1.165) is 0 Å². The summed E-state index contributed by atoms with van der Waals surface area (Å²) in [6, 6.07) is 5.57. The normalized spacial score (nSPS) is 20.9. The molecule has 1 aromatic carbocycles. The van der Waals surface area contributed by atoms with Crippen LogP contribution in [0.2, 0.25) is 0 Å². The lowest BCUT2D eigenvalue weighted by Gasteiger charge is -2.04. The fourth-order valence-electron chi connectivity index (χ4n) is 2.17. The molecule has 1 heterocycles. The van der Waals surface area contributed by atoms with Crippen LogP contribution in [0.25, 0.3) is 0 Å². The van der Waals surface area contributed by atoms with Crippen molar-refractivity contribution in [2.24, 2.45) is 10.9 Å². The molecule has 0 radical (unpaired) electrons. The van der Waals surface area contributed by atoms with Gasteiger partial charge in [0.05, 0.1) is 6.54 Å². The SMILES string of the molecule is O=C(N=c1sccn1Cc1ccccc1F)[C@H]1C[C@@H]1[N+](=O)[O-]. The number of carbonyl (C=O) groups is 1. The Kier molecular flexibility index (Phi) is 3.84. The molecule has 3 rings (SSSR count). The molecule has 2 aromatic rings. The molecule has 1 aromatic heterocycles. The zero-order valence-electron chi connectivity index (χ0n) is 11.4. The van der Waals surface area contributed by atoms with Gasteiger partial charge in [-0.05, 0) is 6.07 Å². The molecule has 114 valence electrons. The maximum Gasteiger partial charge on any atom is 0.258 e. The zero-order valence-corrected chi connectivity index (χ0v) is 12.2. The van der Waals surface area contributed by atoms with E-state index in [-0.39, 0.29) is 18.8 Å². The second-order valence-corrected chi connectivity index (χ2v) is 5.92. The van der Waals surface area contributed by atoms with E-state index in [4.69, 9.17) is 0 Å². The Labute approximate surface area is 128 Å². The van der Waals surface area contributed by atoms with E-state index in [1.165, 1.54) is 17.4 Å². The largest absolute Gasteiger partial charge is 0.319 e. The van der Waals surface area contributed by atoms with Gasteiger partial charge in [0.15, 0.2) is 4.80 Å². The van der Waals surface area contributed by atoms with E-state index < -0.39 is 22.8 Å². The van der Waals surface area contributed by atoms with Gasteiger partial charge < -0.3 is 4.57 Å². The molecule has 0 N–H and O–H groups in total. The fraction of sp³-hybridized carbons (Fsp3) is 0.286. The number of nitro groups is 1. The molecule has 1 amide bonds. The van der Waals surface area contributed by atoms with Crippen LogP contribution >= 0.6 is 11.3 Å². The first-order valence-electron chi connectivity index (χ1n) is 6.65. The van der Waals surface area contributed by atoms with Crippen LogP contribution in [0.5, 0.6) is 0 Å². The van der Waals surface area contributed by atoms with Crippen molar-refractivity contribution >= 4 is 17.2 Å². The first-order valence-corrected chi connectivity index (χ1v) is 7.53. The van der Waals surface area contributed by atoms with Crippen LogP contribution in [0.3, 0.4) is 0 Å². The quantitative estimate of drug-likeness (QED) is 0.636. The molecular formula is C14H12FN3O3S. The summed E-state index contributed by atoms with van der Waals surface area (Å²) < 4.78 is 15.3. The Bertz CT molecular complexity index is 798. The predicted molar refractivity (Wildman–Crippen MR) is 77.3 cm³/mol. The lowest BCUT2D eigenvalue weighted by molar-refractivity contribution is -0.497. The smallest absolute Gasteiger partial charge is 0.258 e. The Balaban J connectivity index is 1.81. The van der Waals surface area contributed by atoms with Crippen LogP contribution in [0.15, 0.2) is 40.8 Å². The van der Waals surface area contributed by atoms with Crippen LogP contribution in [0.1, 0.15) is 12.0 Å². The van der Waals surface area contributed by atoms with Gasteiger partial charge in [0.1, 0.15) is 11.7 Å². The molecule has 0 unspecified atom stereocenters. The minimum absolute atomic E-state index is 0.244. The van der Waals surface area contributed by atoms with Gasteiger partial charge in [-0.1, -0.05) is 18.2 Å². The highest BCUT2D eigenvalue weighted by Crippen LogP contribution is 2.33. The number of benzene rings is 1. The maximum absolute atomic E-state index is 13.7. The van der Waals surface area contributed by atoms with Crippen LogP contribution in [-0.4, -0.2) is 21.4 Å². The summed E-state index contributed by atoms with van der Waals surface area (Å²) in [7, 11) is 0. The highest BCUT2D eigenvalue weighted by molar-refractivity contribution is 7.07. The van der Waals surface area contributed by atoms with Crippen LogP contribution in [0.4, 0.5) is 4.39 Å². The third-order valence-corrected chi connectivity index (χ3v) is 4.30. The minimum Gasteiger partial charge on any atom is -0.319 e. The van der Waals surface area contributed by atoms with Gasteiger partial charge in [-0.15, -0.1) is 11.3 Å². The molecule has 0 spiro atoms. The molecule has 8 heteroatoms. The Hall–Kier alpha value is -2.35. The summed E-state index contributed by atoms with van der Waals surface area (Å²) in [4.78, 5) is 26.4. The number of amides is 1. The molecular weight excluding hydrogens is 309 g/mol. The summed E-state index contributed by atoms with van der Waals surface area (Å²) in [5.74, 6) is -1.43. The zero-order chi connectivity index (χ0) is 15.7. The third kappa shape index (κ3) is 2.96. The summed E-state index contributed by atoms with van der Waals surface area (Å²) >= 11 is 1.24. The molecule has 1 aliphatic carbocycles. The fourth-order valence-corrected chi connectivity index (χ4v) is 2.91. The first kappa shape index (κ1) is 14.6. The van der Waals surface area contributed by atoms with Gasteiger partial charge in [0, 0.05) is 28.5 Å². The minimum atomic E-state index is -0.809. The molecule has 0 saturated heterocycles. The van der Waals surface area contributed by atoms with Crippen molar-refractivity contribution in [1.29, 1.82) is 0 Å². The third-order valence-electron chi connectivity index (χ3n) is 3.51. The number of carbonyl (C=O) groups excluding carboxylic acids is 1. The summed E-state index contributed by atoms with van der Waals surface area (Å²) in [5, 5.41) is 12.3. The molecule has 6 nitrogen and oxygen atoms in total. The van der Waals surface area contributed by atoms with E-state index in [1.54, 1.807) is 34.3 Å². The number of hydrogen-bond acceptors (Lipinski definition) is 4. The topological polar surface area (TPSA) is 77.5 Å². The molecule has 1 saturated carbocycles. The van der Waals surface area contributed by atoms with Gasteiger partial charge in [0.2, 0.25) is 6.04 Å². The summed E-state index contributed by atoms with van der Waals surface area (Å²) in [5.41, 5.74) is 0.490. The molecule has 0 bridgehead atoms. The van der Waals surface area contributed by atoms with Gasteiger partial charge in [-0.2, -0.15) is 4.99 Å². The lowest BCUT2D eigenvalue weighted by atomic mass is 10.2. The Morgan fingerprint density at radius 1 is 1.50 bits per heavy atom. The standard InChI is InChI=1S/C14H12FN3O3S/c15-11-4-2-1-3-9(11)8-17-5-6-22-14(17)16-13(19)10-7-12(10)18(20)21/h1-6,10,12H,7-8H2/t10-,12-/m0/s1. The first-order chi connectivity index (χ1) is 10.6. The van der Waals surface area contributed by atoms with Crippen LogP contribution in [-0.2, 0) is 11.3 Å². The van der Waals surface area contributed by atoms with Crippen molar-refractivity contribution in [2.45, 2.75) is 19.0 Å².